The molecule has 0 atom stereocenters. The van der Waals surface area contributed by atoms with Crippen molar-refractivity contribution in [3.63, 3.8) is 0 Å². The number of pyridine rings is 1. The first-order valence-electron chi connectivity index (χ1n) is 8.71. The van der Waals surface area contributed by atoms with Crippen LogP contribution in [0.3, 0.4) is 0 Å². The number of hydrogen-bond acceptors (Lipinski definition) is 6. The highest BCUT2D eigenvalue weighted by atomic mass is 19.4. The van der Waals surface area contributed by atoms with Crippen molar-refractivity contribution in [2.24, 2.45) is 0 Å². The van der Waals surface area contributed by atoms with E-state index in [9.17, 15) is 22.4 Å². The SMILES string of the molecule is Cc1cc(F)ccc1ON(C(=O)c1cnnc(C(F)(F)F)c1)c1cccc2nncn12. The first-order valence-corrected chi connectivity index (χ1v) is 8.71. The molecular weight excluding hydrogens is 420 g/mol. The van der Waals surface area contributed by atoms with E-state index >= 15 is 0 Å². The Balaban J connectivity index is 1.82. The number of carbonyl (C=O) groups excluding carboxylic acids is 1. The number of anilines is 1. The maximum absolute atomic E-state index is 13.5. The third-order valence-corrected chi connectivity index (χ3v) is 4.22. The second-order valence-corrected chi connectivity index (χ2v) is 6.37. The summed E-state index contributed by atoms with van der Waals surface area (Å²) < 4.78 is 54.0. The maximum Gasteiger partial charge on any atom is 0.435 e. The van der Waals surface area contributed by atoms with Crippen LogP contribution in [0, 0.1) is 12.7 Å². The number of nitrogens with zero attached hydrogens (tertiary/aromatic N) is 6. The Kier molecular flexibility index (Phi) is 4.97. The fraction of sp³-hybridized carbons (Fsp3) is 0.105. The minimum absolute atomic E-state index is 0.0987. The molecule has 3 heterocycles. The van der Waals surface area contributed by atoms with E-state index in [-0.39, 0.29) is 11.6 Å². The van der Waals surface area contributed by atoms with E-state index in [1.165, 1.54) is 28.9 Å². The van der Waals surface area contributed by atoms with Crippen LogP contribution >= 0.6 is 0 Å². The minimum atomic E-state index is -4.79. The number of carbonyl (C=O) groups is 1. The molecule has 0 saturated heterocycles. The highest BCUT2D eigenvalue weighted by Gasteiger charge is 2.35. The Morgan fingerprint density at radius 3 is 2.65 bits per heavy atom. The van der Waals surface area contributed by atoms with Crippen LogP contribution in [0.25, 0.3) is 5.65 Å². The summed E-state index contributed by atoms with van der Waals surface area (Å²) in [5.41, 5.74) is -1.04. The average Bonchev–Trinajstić information content (AvgIpc) is 3.21. The van der Waals surface area contributed by atoms with Gasteiger partial charge in [-0.15, -0.1) is 20.4 Å². The second-order valence-electron chi connectivity index (χ2n) is 6.37. The Labute approximate surface area is 171 Å². The van der Waals surface area contributed by atoms with Crippen LogP contribution < -0.4 is 9.90 Å². The zero-order valence-corrected chi connectivity index (χ0v) is 15.7. The van der Waals surface area contributed by atoms with Gasteiger partial charge >= 0.3 is 6.18 Å². The number of rotatable bonds is 4. The van der Waals surface area contributed by atoms with E-state index < -0.39 is 29.2 Å². The van der Waals surface area contributed by atoms with Gasteiger partial charge in [-0.25, -0.2) is 4.39 Å². The number of aromatic nitrogens is 5. The smallest absolute Gasteiger partial charge is 0.370 e. The van der Waals surface area contributed by atoms with Crippen LogP contribution in [0.15, 0.2) is 55.0 Å². The molecule has 0 radical (unpaired) electrons. The zero-order chi connectivity index (χ0) is 22.2. The molecule has 158 valence electrons. The lowest BCUT2D eigenvalue weighted by atomic mass is 10.2. The average molecular weight is 432 g/mol. The van der Waals surface area contributed by atoms with Gasteiger partial charge in [0.05, 0.1) is 11.8 Å². The number of hydroxylamine groups is 1. The van der Waals surface area contributed by atoms with E-state index in [0.717, 1.165) is 17.3 Å². The second kappa shape index (κ2) is 7.63. The topological polar surface area (TPSA) is 85.5 Å². The molecular formula is C19H12F4N6O2. The van der Waals surface area contributed by atoms with Gasteiger partial charge in [-0.2, -0.15) is 18.3 Å². The minimum Gasteiger partial charge on any atom is -0.370 e. The lowest BCUT2D eigenvalue weighted by Gasteiger charge is -2.24. The van der Waals surface area contributed by atoms with Gasteiger partial charge in [-0.05, 0) is 48.9 Å². The summed E-state index contributed by atoms with van der Waals surface area (Å²) in [6.07, 6.45) is -2.60. The number of benzene rings is 1. The Bertz CT molecular complexity index is 1270. The first kappa shape index (κ1) is 20.2. The van der Waals surface area contributed by atoms with Crippen molar-refractivity contribution in [2.45, 2.75) is 13.1 Å². The Hall–Kier alpha value is -4.09. The molecule has 8 nitrogen and oxygen atoms in total. The number of alkyl halides is 3. The Morgan fingerprint density at radius 1 is 1.10 bits per heavy atom. The Morgan fingerprint density at radius 2 is 1.90 bits per heavy atom. The molecule has 0 unspecified atom stereocenters. The number of amides is 1. The standard InChI is InChI=1S/C19H12F4N6O2/c1-11-7-13(20)5-6-14(11)31-29(17-4-2-3-16-27-25-10-28(16)17)18(30)12-8-15(19(21,22)23)26-24-9-12/h2-10H,1H3. The van der Waals surface area contributed by atoms with Gasteiger partial charge in [0.25, 0.3) is 5.91 Å². The summed E-state index contributed by atoms with van der Waals surface area (Å²) in [6, 6.07) is 8.82. The normalized spacial score (nSPS) is 11.5. The van der Waals surface area contributed by atoms with Gasteiger partial charge in [-0.3, -0.25) is 9.20 Å². The third kappa shape index (κ3) is 3.99. The number of aryl methyl sites for hydroxylation is 1. The van der Waals surface area contributed by atoms with Crippen LogP contribution in [0.4, 0.5) is 23.4 Å². The van der Waals surface area contributed by atoms with Gasteiger partial charge in [0.1, 0.15) is 12.1 Å². The highest BCUT2D eigenvalue weighted by Crippen LogP contribution is 2.29. The molecule has 4 rings (SSSR count). The van der Waals surface area contributed by atoms with Gasteiger partial charge in [0.15, 0.2) is 22.9 Å². The molecule has 12 heteroatoms. The van der Waals surface area contributed by atoms with Crippen molar-refractivity contribution in [1.29, 1.82) is 0 Å². The van der Waals surface area contributed by atoms with Crippen LogP contribution in [0.2, 0.25) is 0 Å². The van der Waals surface area contributed by atoms with E-state index in [0.29, 0.717) is 17.3 Å². The van der Waals surface area contributed by atoms with E-state index in [2.05, 4.69) is 20.4 Å². The van der Waals surface area contributed by atoms with Crippen molar-refractivity contribution in [3.05, 3.63) is 77.6 Å². The summed E-state index contributed by atoms with van der Waals surface area (Å²) in [5, 5.41) is 14.7. The third-order valence-electron chi connectivity index (χ3n) is 4.22. The summed E-state index contributed by atoms with van der Waals surface area (Å²) in [6.45, 7) is 1.55. The van der Waals surface area contributed by atoms with Gasteiger partial charge < -0.3 is 4.84 Å². The highest BCUT2D eigenvalue weighted by molar-refractivity contribution is 6.04. The van der Waals surface area contributed by atoms with Crippen molar-refractivity contribution < 1.29 is 27.2 Å². The van der Waals surface area contributed by atoms with E-state index in [1.54, 1.807) is 19.1 Å². The predicted molar refractivity (Wildman–Crippen MR) is 98.6 cm³/mol. The van der Waals surface area contributed by atoms with Crippen molar-refractivity contribution in [2.75, 3.05) is 5.06 Å². The van der Waals surface area contributed by atoms with Gasteiger partial charge in [-0.1, -0.05) is 6.07 Å². The van der Waals surface area contributed by atoms with Crippen LogP contribution in [-0.4, -0.2) is 30.7 Å². The summed E-state index contributed by atoms with van der Waals surface area (Å²) in [4.78, 5) is 18.9. The largest absolute Gasteiger partial charge is 0.435 e. The molecule has 4 aromatic rings. The number of halogens is 4. The monoisotopic (exact) mass is 432 g/mol. The molecule has 1 aromatic carbocycles. The van der Waals surface area contributed by atoms with Crippen LogP contribution in [-0.2, 0) is 6.18 Å². The fourth-order valence-electron chi connectivity index (χ4n) is 2.75. The van der Waals surface area contributed by atoms with E-state index in [4.69, 9.17) is 4.84 Å². The summed E-state index contributed by atoms with van der Waals surface area (Å²) in [5.74, 6) is -1.28. The van der Waals surface area contributed by atoms with Crippen molar-refractivity contribution in [3.8, 4) is 5.75 Å². The fourth-order valence-corrected chi connectivity index (χ4v) is 2.75. The number of fused-ring (bicyclic) bond motifs is 1. The lowest BCUT2D eigenvalue weighted by molar-refractivity contribution is -0.141. The molecule has 0 saturated carbocycles. The zero-order valence-electron chi connectivity index (χ0n) is 15.7. The number of hydrogen-bond donors (Lipinski definition) is 0. The van der Waals surface area contributed by atoms with Crippen LogP contribution in [0.1, 0.15) is 21.6 Å². The maximum atomic E-state index is 13.5. The summed E-state index contributed by atoms with van der Waals surface area (Å²) >= 11 is 0. The summed E-state index contributed by atoms with van der Waals surface area (Å²) in [7, 11) is 0. The molecule has 1 amide bonds. The quantitative estimate of drug-likeness (QED) is 0.362. The molecule has 0 aliphatic heterocycles. The molecule has 0 bridgehead atoms. The first-order chi connectivity index (χ1) is 14.7. The van der Waals surface area contributed by atoms with E-state index in [1.807, 2.05) is 0 Å². The predicted octanol–water partition coefficient (Wildman–Crippen LogP) is 3.63. The van der Waals surface area contributed by atoms with Gasteiger partial charge in [0, 0.05) is 0 Å². The van der Waals surface area contributed by atoms with Crippen molar-refractivity contribution >= 4 is 17.4 Å². The molecule has 0 N–H and O–H groups in total. The molecule has 0 fully saturated rings. The van der Waals surface area contributed by atoms with Gasteiger partial charge in [0.2, 0.25) is 0 Å². The molecule has 3 aromatic heterocycles. The molecule has 0 spiro atoms. The molecule has 31 heavy (non-hydrogen) atoms. The molecule has 0 aliphatic rings. The van der Waals surface area contributed by atoms with Crippen LogP contribution in [0.5, 0.6) is 5.75 Å². The molecule has 0 aliphatic carbocycles. The van der Waals surface area contributed by atoms with Crippen molar-refractivity contribution in [1.82, 2.24) is 24.8 Å². The lowest BCUT2D eigenvalue weighted by Crippen LogP contribution is -2.36.